The third-order valence-electron chi connectivity index (χ3n) is 4.10. The highest BCUT2D eigenvalue weighted by Gasteiger charge is 2.19. The summed E-state index contributed by atoms with van der Waals surface area (Å²) < 4.78 is 0. The quantitative estimate of drug-likeness (QED) is 0.908. The molecule has 1 unspecified atom stereocenters. The van der Waals surface area contributed by atoms with E-state index < -0.39 is 0 Å². The van der Waals surface area contributed by atoms with Gasteiger partial charge in [0, 0.05) is 11.6 Å². The molecule has 0 spiro atoms. The monoisotopic (exact) mass is 280 g/mol. The first-order valence-electron chi connectivity index (χ1n) is 7.44. The Bertz CT molecular complexity index is 637. The number of benzene rings is 2. The van der Waals surface area contributed by atoms with E-state index in [1.165, 1.54) is 16.7 Å². The van der Waals surface area contributed by atoms with E-state index >= 15 is 0 Å². The fraction of sp³-hybridized carbons (Fsp3) is 0.278. The Hall–Kier alpha value is -2.13. The van der Waals surface area contributed by atoms with Gasteiger partial charge in [0.15, 0.2) is 0 Å². The Labute approximate surface area is 125 Å². The smallest absolute Gasteiger partial charge is 0.248 e. The third-order valence-corrected chi connectivity index (χ3v) is 4.10. The Morgan fingerprint density at radius 3 is 2.76 bits per heavy atom. The SMILES string of the molecule is NC(=O)c1ccc2c(c1)C(Cc1ccccc1)NCCC2. The van der Waals surface area contributed by atoms with Gasteiger partial charge >= 0.3 is 0 Å². The van der Waals surface area contributed by atoms with E-state index in [2.05, 4.69) is 35.6 Å². The van der Waals surface area contributed by atoms with Gasteiger partial charge in [-0.3, -0.25) is 4.79 Å². The molecule has 0 radical (unpaired) electrons. The van der Waals surface area contributed by atoms with Crippen LogP contribution in [0.15, 0.2) is 48.5 Å². The van der Waals surface area contributed by atoms with Crippen molar-refractivity contribution in [1.82, 2.24) is 5.32 Å². The molecule has 3 N–H and O–H groups in total. The Morgan fingerprint density at radius 2 is 2.00 bits per heavy atom. The van der Waals surface area contributed by atoms with Crippen molar-refractivity contribution in [2.45, 2.75) is 25.3 Å². The number of hydrogen-bond donors (Lipinski definition) is 2. The molecule has 2 aromatic rings. The zero-order valence-corrected chi connectivity index (χ0v) is 12.0. The summed E-state index contributed by atoms with van der Waals surface area (Å²) in [6.45, 7) is 0.998. The number of primary amides is 1. The molecule has 0 bridgehead atoms. The van der Waals surface area contributed by atoms with Crippen LogP contribution in [0.4, 0.5) is 0 Å². The van der Waals surface area contributed by atoms with Crippen molar-refractivity contribution in [1.29, 1.82) is 0 Å². The minimum absolute atomic E-state index is 0.240. The van der Waals surface area contributed by atoms with Crippen molar-refractivity contribution in [3.05, 3.63) is 70.8 Å². The average Bonchev–Trinajstić information content (AvgIpc) is 2.70. The van der Waals surface area contributed by atoms with Crippen LogP contribution in [0.5, 0.6) is 0 Å². The maximum absolute atomic E-state index is 11.4. The lowest BCUT2D eigenvalue weighted by atomic mass is 9.92. The van der Waals surface area contributed by atoms with Gasteiger partial charge < -0.3 is 11.1 Å². The highest BCUT2D eigenvalue weighted by Crippen LogP contribution is 2.26. The molecule has 0 fully saturated rings. The van der Waals surface area contributed by atoms with Crippen LogP contribution in [0.2, 0.25) is 0 Å². The number of aryl methyl sites for hydroxylation is 1. The maximum atomic E-state index is 11.4. The molecule has 3 nitrogen and oxygen atoms in total. The molecule has 21 heavy (non-hydrogen) atoms. The topological polar surface area (TPSA) is 55.1 Å². The minimum atomic E-state index is -0.361. The number of hydrogen-bond acceptors (Lipinski definition) is 2. The summed E-state index contributed by atoms with van der Waals surface area (Å²) in [4.78, 5) is 11.4. The second-order valence-electron chi connectivity index (χ2n) is 5.58. The van der Waals surface area contributed by atoms with E-state index in [1.54, 1.807) is 0 Å². The number of carbonyl (C=O) groups excluding carboxylic acids is 1. The summed E-state index contributed by atoms with van der Waals surface area (Å²) >= 11 is 0. The largest absolute Gasteiger partial charge is 0.366 e. The van der Waals surface area contributed by atoms with Gasteiger partial charge in [0.25, 0.3) is 0 Å². The van der Waals surface area contributed by atoms with Gasteiger partial charge in [0.05, 0.1) is 0 Å². The highest BCUT2D eigenvalue weighted by molar-refractivity contribution is 5.93. The lowest BCUT2D eigenvalue weighted by Crippen LogP contribution is -2.23. The van der Waals surface area contributed by atoms with Crippen molar-refractivity contribution in [3.8, 4) is 0 Å². The van der Waals surface area contributed by atoms with Gasteiger partial charge in [-0.25, -0.2) is 0 Å². The first-order valence-corrected chi connectivity index (χ1v) is 7.44. The summed E-state index contributed by atoms with van der Waals surface area (Å²) in [6.07, 6.45) is 3.09. The predicted molar refractivity (Wildman–Crippen MR) is 84.2 cm³/mol. The molecule has 0 saturated heterocycles. The molecule has 0 aromatic heterocycles. The third kappa shape index (κ3) is 3.14. The Balaban J connectivity index is 1.95. The van der Waals surface area contributed by atoms with Gasteiger partial charge in [-0.05, 0) is 54.6 Å². The second-order valence-corrected chi connectivity index (χ2v) is 5.58. The lowest BCUT2D eigenvalue weighted by Gasteiger charge is -2.19. The van der Waals surface area contributed by atoms with Crippen molar-refractivity contribution >= 4 is 5.91 Å². The molecule has 1 heterocycles. The van der Waals surface area contributed by atoms with Crippen LogP contribution < -0.4 is 11.1 Å². The second kappa shape index (κ2) is 6.10. The number of nitrogens with one attached hydrogen (secondary N) is 1. The van der Waals surface area contributed by atoms with Crippen LogP contribution in [0.1, 0.15) is 39.5 Å². The standard InChI is InChI=1S/C18H20N2O/c19-18(21)15-9-8-14-7-4-10-20-17(16(14)12-15)11-13-5-2-1-3-6-13/h1-3,5-6,8-9,12,17,20H,4,7,10-11H2,(H2,19,21). The summed E-state index contributed by atoms with van der Waals surface area (Å²) in [5, 5.41) is 3.60. The predicted octanol–water partition coefficient (Wildman–Crippen LogP) is 2.61. The molecule has 3 heteroatoms. The van der Waals surface area contributed by atoms with E-state index in [0.29, 0.717) is 5.56 Å². The summed E-state index contributed by atoms with van der Waals surface area (Å²) in [6, 6.07) is 16.5. The fourth-order valence-electron chi connectivity index (χ4n) is 3.00. The van der Waals surface area contributed by atoms with Crippen molar-refractivity contribution in [2.75, 3.05) is 6.54 Å². The molecule has 0 saturated carbocycles. The number of rotatable bonds is 3. The van der Waals surface area contributed by atoms with Gasteiger partial charge in [0.1, 0.15) is 0 Å². The fourth-order valence-corrected chi connectivity index (χ4v) is 3.00. The molecule has 0 aliphatic carbocycles. The molecule has 1 amide bonds. The molecule has 1 aliphatic heterocycles. The molecular weight excluding hydrogens is 260 g/mol. The van der Waals surface area contributed by atoms with Crippen LogP contribution in [0, 0.1) is 0 Å². The van der Waals surface area contributed by atoms with E-state index in [1.807, 2.05) is 18.2 Å². The molecule has 1 atom stereocenters. The highest BCUT2D eigenvalue weighted by atomic mass is 16.1. The number of nitrogens with two attached hydrogens (primary N) is 1. The molecule has 1 aliphatic rings. The van der Waals surface area contributed by atoms with Crippen molar-refractivity contribution < 1.29 is 4.79 Å². The van der Waals surface area contributed by atoms with Gasteiger partial charge in [-0.1, -0.05) is 36.4 Å². The Morgan fingerprint density at radius 1 is 1.19 bits per heavy atom. The molecule has 3 rings (SSSR count). The van der Waals surface area contributed by atoms with Crippen LogP contribution in [0.25, 0.3) is 0 Å². The van der Waals surface area contributed by atoms with Gasteiger partial charge in [0.2, 0.25) is 5.91 Å². The first kappa shape index (κ1) is 13.8. The lowest BCUT2D eigenvalue weighted by molar-refractivity contribution is 0.1000. The van der Waals surface area contributed by atoms with E-state index in [9.17, 15) is 4.79 Å². The van der Waals surface area contributed by atoms with Gasteiger partial charge in [-0.2, -0.15) is 0 Å². The first-order chi connectivity index (χ1) is 10.2. The van der Waals surface area contributed by atoms with Crippen LogP contribution in [-0.4, -0.2) is 12.5 Å². The molecule has 2 aromatic carbocycles. The number of carbonyl (C=O) groups is 1. The summed E-state index contributed by atoms with van der Waals surface area (Å²) in [5.41, 5.74) is 9.86. The van der Waals surface area contributed by atoms with E-state index in [-0.39, 0.29) is 11.9 Å². The van der Waals surface area contributed by atoms with Crippen LogP contribution in [-0.2, 0) is 12.8 Å². The molecular formula is C18H20N2O. The van der Waals surface area contributed by atoms with Crippen molar-refractivity contribution in [3.63, 3.8) is 0 Å². The molecule has 108 valence electrons. The van der Waals surface area contributed by atoms with E-state index in [0.717, 1.165) is 25.8 Å². The maximum Gasteiger partial charge on any atom is 0.248 e. The van der Waals surface area contributed by atoms with E-state index in [4.69, 9.17) is 5.73 Å². The van der Waals surface area contributed by atoms with Crippen LogP contribution in [0.3, 0.4) is 0 Å². The zero-order valence-electron chi connectivity index (χ0n) is 12.0. The Kier molecular flexibility index (Phi) is 4.02. The van der Waals surface area contributed by atoms with Gasteiger partial charge in [-0.15, -0.1) is 0 Å². The minimum Gasteiger partial charge on any atom is -0.366 e. The average molecular weight is 280 g/mol. The normalized spacial score (nSPS) is 17.8. The zero-order chi connectivity index (χ0) is 14.7. The number of amides is 1. The van der Waals surface area contributed by atoms with Crippen molar-refractivity contribution in [2.24, 2.45) is 5.73 Å². The van der Waals surface area contributed by atoms with Crippen LogP contribution >= 0.6 is 0 Å². The number of fused-ring (bicyclic) bond motifs is 1. The summed E-state index contributed by atoms with van der Waals surface area (Å²) in [7, 11) is 0. The summed E-state index contributed by atoms with van der Waals surface area (Å²) in [5.74, 6) is -0.361.